The van der Waals surface area contributed by atoms with Crippen LogP contribution in [0.4, 0.5) is 23.2 Å². The van der Waals surface area contributed by atoms with Gasteiger partial charge in [-0.15, -0.1) is 0 Å². The molecule has 1 saturated carbocycles. The van der Waals surface area contributed by atoms with E-state index >= 15 is 0 Å². The number of hydrogen-bond donors (Lipinski definition) is 0. The molecule has 0 radical (unpaired) electrons. The van der Waals surface area contributed by atoms with Gasteiger partial charge in [-0.25, -0.2) is 14.1 Å². The Morgan fingerprint density at radius 1 is 1.09 bits per heavy atom. The van der Waals surface area contributed by atoms with E-state index in [2.05, 4.69) is 20.0 Å². The third-order valence-corrected chi connectivity index (χ3v) is 6.76. The van der Waals surface area contributed by atoms with E-state index in [1.807, 2.05) is 12.1 Å². The van der Waals surface area contributed by atoms with E-state index in [0.717, 1.165) is 37.7 Å². The van der Waals surface area contributed by atoms with Crippen LogP contribution in [0.3, 0.4) is 0 Å². The fourth-order valence-electron chi connectivity index (χ4n) is 5.24. The normalized spacial score (nSPS) is 21.9. The van der Waals surface area contributed by atoms with E-state index in [0.29, 0.717) is 34.6 Å². The maximum Gasteiger partial charge on any atom is 0.408 e. The highest BCUT2D eigenvalue weighted by Gasteiger charge is 2.43. The van der Waals surface area contributed by atoms with E-state index in [-0.39, 0.29) is 17.7 Å². The van der Waals surface area contributed by atoms with Crippen molar-refractivity contribution >= 4 is 5.69 Å². The highest BCUT2D eigenvalue weighted by Crippen LogP contribution is 2.44. The summed E-state index contributed by atoms with van der Waals surface area (Å²) in [7, 11) is 1.58. The second kappa shape index (κ2) is 9.35. The summed E-state index contributed by atoms with van der Waals surface area (Å²) < 4.78 is 64.5. The number of alkyl halides is 3. The van der Waals surface area contributed by atoms with Crippen LogP contribution < -0.4 is 14.4 Å². The lowest BCUT2D eigenvalue weighted by molar-refractivity contribution is -0.143. The Morgan fingerprint density at radius 2 is 1.86 bits per heavy atom. The van der Waals surface area contributed by atoms with Crippen molar-refractivity contribution in [2.75, 3.05) is 25.1 Å². The van der Waals surface area contributed by atoms with Crippen LogP contribution in [-0.2, 0) is 13.0 Å². The number of aromatic nitrogens is 4. The Labute approximate surface area is 199 Å². The van der Waals surface area contributed by atoms with Gasteiger partial charge >= 0.3 is 12.2 Å². The van der Waals surface area contributed by atoms with Crippen LogP contribution in [0.1, 0.15) is 18.7 Å². The molecule has 186 valence electrons. The zero-order valence-electron chi connectivity index (χ0n) is 19.1. The van der Waals surface area contributed by atoms with Gasteiger partial charge in [-0.2, -0.15) is 23.3 Å². The molecule has 1 aliphatic carbocycles. The summed E-state index contributed by atoms with van der Waals surface area (Å²) in [6.07, 6.45) is -0.221. The van der Waals surface area contributed by atoms with Crippen molar-refractivity contribution in [1.29, 1.82) is 0 Å². The number of ether oxygens (including phenoxy) is 2. The molecule has 5 rings (SSSR count). The van der Waals surface area contributed by atoms with Crippen molar-refractivity contribution in [3.63, 3.8) is 0 Å². The van der Waals surface area contributed by atoms with Gasteiger partial charge in [0.05, 0.1) is 7.11 Å². The fourth-order valence-corrected chi connectivity index (χ4v) is 5.24. The summed E-state index contributed by atoms with van der Waals surface area (Å²) in [4.78, 5) is 10.8. The Kier molecular flexibility index (Phi) is 6.24. The summed E-state index contributed by atoms with van der Waals surface area (Å²) in [6.45, 7) is 0.342. The molecule has 0 amide bonds. The molecule has 0 N–H and O–H groups in total. The molecule has 1 aliphatic heterocycles. The summed E-state index contributed by atoms with van der Waals surface area (Å²) in [5.74, 6) is 1.38. The Hall–Kier alpha value is -3.37. The van der Waals surface area contributed by atoms with Crippen LogP contribution in [0, 0.1) is 23.6 Å². The van der Waals surface area contributed by atoms with Crippen LogP contribution in [0.5, 0.6) is 17.6 Å². The number of fused-ring (bicyclic) bond motifs is 2. The molecule has 11 heteroatoms. The first-order chi connectivity index (χ1) is 16.8. The van der Waals surface area contributed by atoms with Crippen LogP contribution in [0.15, 0.2) is 42.6 Å². The molecule has 2 aromatic heterocycles. The minimum Gasteiger partial charge on any atom is -0.481 e. The number of pyridine rings is 1. The average molecular weight is 491 g/mol. The molecular formula is C24H25F4N5O2. The number of rotatable bonds is 7. The second-order valence-corrected chi connectivity index (χ2v) is 9.07. The average Bonchev–Trinajstić information content (AvgIpc) is 3.26. The van der Waals surface area contributed by atoms with Crippen molar-refractivity contribution in [1.82, 2.24) is 19.7 Å². The fraction of sp³-hybridized carbons (Fsp3) is 0.458. The summed E-state index contributed by atoms with van der Waals surface area (Å²) in [5, 5.41) is 4.13. The Balaban J connectivity index is 1.33. The van der Waals surface area contributed by atoms with E-state index in [1.54, 1.807) is 13.3 Å². The third kappa shape index (κ3) is 5.33. The van der Waals surface area contributed by atoms with Crippen molar-refractivity contribution in [3.05, 3.63) is 54.2 Å². The summed E-state index contributed by atoms with van der Waals surface area (Å²) in [5.41, 5.74) is 1.05. The van der Waals surface area contributed by atoms with Crippen molar-refractivity contribution < 1.29 is 27.0 Å². The Bertz CT molecular complexity index is 1170. The van der Waals surface area contributed by atoms with Gasteiger partial charge in [0.15, 0.2) is 5.82 Å². The molecule has 2 fully saturated rings. The van der Waals surface area contributed by atoms with Gasteiger partial charge in [0.2, 0.25) is 5.88 Å². The largest absolute Gasteiger partial charge is 0.481 e. The molecule has 35 heavy (non-hydrogen) atoms. The highest BCUT2D eigenvalue weighted by molar-refractivity contribution is 5.49. The van der Waals surface area contributed by atoms with E-state index in [9.17, 15) is 17.6 Å². The van der Waals surface area contributed by atoms with Crippen LogP contribution in [0.2, 0.25) is 0 Å². The number of nitrogens with zero attached hydrogens (tertiary/aromatic N) is 5. The van der Waals surface area contributed by atoms with Crippen molar-refractivity contribution in [2.24, 2.45) is 17.8 Å². The first kappa shape index (κ1) is 23.4. The summed E-state index contributed by atoms with van der Waals surface area (Å²) >= 11 is 0. The lowest BCUT2D eigenvalue weighted by Crippen LogP contribution is -2.42. The SMILES string of the molecule is COc1cc(N2CC3CCC(C2)C3Cc2nc(Oc3cccc(F)c3)n(CC(F)(F)F)n2)ccn1. The van der Waals surface area contributed by atoms with Gasteiger partial charge in [-0.3, -0.25) is 0 Å². The predicted molar refractivity (Wildman–Crippen MR) is 119 cm³/mol. The third-order valence-electron chi connectivity index (χ3n) is 6.76. The number of benzene rings is 1. The lowest BCUT2D eigenvalue weighted by Gasteiger charge is -2.39. The molecule has 1 saturated heterocycles. The van der Waals surface area contributed by atoms with Gasteiger partial charge in [0.1, 0.15) is 18.1 Å². The minimum atomic E-state index is -4.50. The summed E-state index contributed by atoms with van der Waals surface area (Å²) in [6, 6.07) is 8.77. The number of halogens is 4. The maximum absolute atomic E-state index is 13.5. The lowest BCUT2D eigenvalue weighted by atomic mass is 9.82. The first-order valence-electron chi connectivity index (χ1n) is 11.5. The molecule has 1 aromatic carbocycles. The van der Waals surface area contributed by atoms with Crippen molar-refractivity contribution in [2.45, 2.75) is 32.0 Å². The van der Waals surface area contributed by atoms with Gasteiger partial charge in [-0.05, 0) is 48.8 Å². The predicted octanol–water partition coefficient (Wildman–Crippen LogP) is 4.88. The van der Waals surface area contributed by atoms with Gasteiger partial charge in [0, 0.05) is 43.5 Å². The van der Waals surface area contributed by atoms with Crippen molar-refractivity contribution in [3.8, 4) is 17.6 Å². The first-order valence-corrected chi connectivity index (χ1v) is 11.5. The number of piperidine rings is 1. The molecule has 7 nitrogen and oxygen atoms in total. The maximum atomic E-state index is 13.5. The smallest absolute Gasteiger partial charge is 0.408 e. The Morgan fingerprint density at radius 3 is 2.54 bits per heavy atom. The minimum absolute atomic E-state index is 0.0635. The molecule has 0 spiro atoms. The standard InChI is InChI=1S/C24H25F4N5O2/c1-34-22-10-18(7-8-29-22)32-12-15-5-6-16(13-32)20(15)11-21-30-23(33(31-21)14-24(26,27)28)35-19-4-2-3-17(25)9-19/h2-4,7-10,15-16,20H,5-6,11-14H2,1H3. The molecule has 2 atom stereocenters. The zero-order chi connectivity index (χ0) is 24.6. The number of methoxy groups -OCH3 is 1. The second-order valence-electron chi connectivity index (χ2n) is 9.07. The van der Waals surface area contributed by atoms with E-state index < -0.39 is 18.5 Å². The van der Waals surface area contributed by atoms with Gasteiger partial charge < -0.3 is 14.4 Å². The van der Waals surface area contributed by atoms with Gasteiger partial charge in [-0.1, -0.05) is 6.07 Å². The highest BCUT2D eigenvalue weighted by atomic mass is 19.4. The molecule has 2 aliphatic rings. The number of anilines is 1. The van der Waals surface area contributed by atoms with E-state index in [4.69, 9.17) is 9.47 Å². The monoisotopic (exact) mass is 491 g/mol. The van der Waals surface area contributed by atoms with Crippen LogP contribution in [0.25, 0.3) is 0 Å². The molecular weight excluding hydrogens is 466 g/mol. The molecule has 3 aromatic rings. The molecule has 2 bridgehead atoms. The topological polar surface area (TPSA) is 65.3 Å². The molecule has 3 heterocycles. The quantitative estimate of drug-likeness (QED) is 0.439. The zero-order valence-corrected chi connectivity index (χ0v) is 19.1. The van der Waals surface area contributed by atoms with Crippen LogP contribution >= 0.6 is 0 Å². The van der Waals surface area contributed by atoms with Gasteiger partial charge in [0.25, 0.3) is 0 Å². The van der Waals surface area contributed by atoms with Crippen LogP contribution in [-0.4, -0.2) is 46.1 Å². The molecule has 2 unspecified atom stereocenters. The number of hydrogen-bond acceptors (Lipinski definition) is 6. The van der Waals surface area contributed by atoms with E-state index in [1.165, 1.54) is 18.2 Å².